The number of aromatic nitrogens is 2. The number of carbonyl (C=O) groups is 1. The molecule has 8 heteroatoms. The second-order valence-electron chi connectivity index (χ2n) is 6.27. The number of nitrogens with zero attached hydrogens (tertiary/aromatic N) is 3. The molecule has 5 nitrogen and oxygen atoms in total. The predicted octanol–water partition coefficient (Wildman–Crippen LogP) is 4.28. The smallest absolute Gasteiger partial charge is 0.334 e. The third-order valence-electron chi connectivity index (χ3n) is 4.46. The number of amides is 1. The van der Waals surface area contributed by atoms with Gasteiger partial charge < -0.3 is 9.42 Å². The summed E-state index contributed by atoms with van der Waals surface area (Å²) in [6.07, 6.45) is -4.15. The molecule has 0 bridgehead atoms. The monoisotopic (exact) mass is 373 g/mol. The molecule has 0 radical (unpaired) electrons. The topological polar surface area (TPSA) is 59.2 Å². The van der Waals surface area contributed by atoms with E-state index in [0.717, 1.165) is 17.8 Å². The van der Waals surface area contributed by atoms with Crippen LogP contribution in [-0.4, -0.2) is 22.6 Å². The summed E-state index contributed by atoms with van der Waals surface area (Å²) in [5.41, 5.74) is 0.452. The molecule has 2 aromatic carbocycles. The van der Waals surface area contributed by atoms with Gasteiger partial charge in [-0.2, -0.15) is 18.2 Å². The predicted molar refractivity (Wildman–Crippen MR) is 90.9 cm³/mol. The van der Waals surface area contributed by atoms with E-state index in [4.69, 9.17) is 4.52 Å². The summed E-state index contributed by atoms with van der Waals surface area (Å²) in [5, 5.41) is 3.92. The molecular weight excluding hydrogens is 359 g/mol. The van der Waals surface area contributed by atoms with Crippen LogP contribution in [0, 0.1) is 0 Å². The number of carbonyl (C=O) groups excluding carboxylic acids is 1. The van der Waals surface area contributed by atoms with Crippen molar-refractivity contribution in [2.75, 3.05) is 11.4 Å². The average Bonchev–Trinajstić information content (AvgIpc) is 3.29. The summed E-state index contributed by atoms with van der Waals surface area (Å²) in [7, 11) is 0. The van der Waals surface area contributed by atoms with Crippen LogP contribution >= 0.6 is 0 Å². The first-order chi connectivity index (χ1) is 12.9. The lowest BCUT2D eigenvalue weighted by molar-refractivity contribution is -0.137. The number of alkyl halides is 3. The van der Waals surface area contributed by atoms with Crippen LogP contribution in [0.5, 0.6) is 0 Å². The molecular formula is C19H14F3N3O2. The van der Waals surface area contributed by atoms with Gasteiger partial charge in [-0.3, -0.25) is 4.79 Å². The second-order valence-corrected chi connectivity index (χ2v) is 6.27. The minimum Gasteiger partial charge on any atom is -0.334 e. The van der Waals surface area contributed by atoms with Crippen molar-refractivity contribution in [2.24, 2.45) is 0 Å². The molecule has 138 valence electrons. The minimum absolute atomic E-state index is 0.0351. The van der Waals surface area contributed by atoms with Crippen LogP contribution in [0.4, 0.5) is 18.9 Å². The van der Waals surface area contributed by atoms with Gasteiger partial charge in [0.25, 0.3) is 5.89 Å². The Morgan fingerprint density at radius 2 is 1.74 bits per heavy atom. The number of rotatable bonds is 3. The highest BCUT2D eigenvalue weighted by Gasteiger charge is 2.35. The summed E-state index contributed by atoms with van der Waals surface area (Å²) in [4.78, 5) is 18.2. The maximum atomic E-state index is 12.7. The molecule has 0 saturated carbocycles. The minimum atomic E-state index is -4.40. The molecule has 27 heavy (non-hydrogen) atoms. The Morgan fingerprint density at radius 3 is 2.41 bits per heavy atom. The van der Waals surface area contributed by atoms with Crippen molar-refractivity contribution in [1.82, 2.24) is 10.1 Å². The first-order valence-electron chi connectivity index (χ1n) is 8.28. The van der Waals surface area contributed by atoms with Crippen LogP contribution in [0.2, 0.25) is 0 Å². The number of para-hydroxylation sites is 1. The number of halogens is 3. The van der Waals surface area contributed by atoms with Crippen molar-refractivity contribution in [3.05, 3.63) is 66.0 Å². The van der Waals surface area contributed by atoms with Crippen molar-refractivity contribution in [1.29, 1.82) is 0 Å². The van der Waals surface area contributed by atoms with E-state index >= 15 is 0 Å². The molecule has 1 atom stereocenters. The van der Waals surface area contributed by atoms with E-state index in [-0.39, 0.29) is 24.1 Å². The molecule has 1 fully saturated rings. The van der Waals surface area contributed by atoms with Gasteiger partial charge in [-0.25, -0.2) is 0 Å². The van der Waals surface area contributed by atoms with Gasteiger partial charge in [0.15, 0.2) is 5.82 Å². The first kappa shape index (κ1) is 17.3. The molecule has 1 unspecified atom stereocenters. The fourth-order valence-corrected chi connectivity index (χ4v) is 3.06. The lowest BCUT2D eigenvalue weighted by atomic mass is 10.1. The molecule has 0 spiro atoms. The van der Waals surface area contributed by atoms with Crippen LogP contribution < -0.4 is 4.90 Å². The SMILES string of the molecule is O=C1CC(c2noc(-c3ccc(C(F)(F)F)cc3)n2)CN1c1ccccc1. The quantitative estimate of drug-likeness (QED) is 0.688. The van der Waals surface area contributed by atoms with E-state index in [1.807, 2.05) is 30.3 Å². The molecule has 0 N–H and O–H groups in total. The highest BCUT2D eigenvalue weighted by atomic mass is 19.4. The van der Waals surface area contributed by atoms with Crippen LogP contribution in [0.25, 0.3) is 11.5 Å². The first-order valence-corrected chi connectivity index (χ1v) is 8.28. The Bertz CT molecular complexity index is 952. The van der Waals surface area contributed by atoms with Gasteiger partial charge in [-0.05, 0) is 36.4 Å². The molecule has 1 amide bonds. The van der Waals surface area contributed by atoms with Crippen molar-refractivity contribution < 1.29 is 22.5 Å². The molecule has 4 rings (SSSR count). The Labute approximate surface area is 152 Å². The molecule has 1 aliphatic heterocycles. The van der Waals surface area contributed by atoms with Gasteiger partial charge in [0, 0.05) is 30.1 Å². The van der Waals surface area contributed by atoms with Gasteiger partial charge in [0.05, 0.1) is 5.56 Å². The highest BCUT2D eigenvalue weighted by molar-refractivity contribution is 5.96. The molecule has 0 aliphatic carbocycles. The van der Waals surface area contributed by atoms with E-state index in [0.29, 0.717) is 17.9 Å². The number of anilines is 1. The Hall–Kier alpha value is -3.16. The van der Waals surface area contributed by atoms with Crippen molar-refractivity contribution in [3.63, 3.8) is 0 Å². The van der Waals surface area contributed by atoms with Crippen LogP contribution in [0.1, 0.15) is 23.7 Å². The Kier molecular flexibility index (Phi) is 4.18. The summed E-state index contributed by atoms with van der Waals surface area (Å²) in [6.45, 7) is 0.425. The number of hydrogen-bond acceptors (Lipinski definition) is 4. The van der Waals surface area contributed by atoms with E-state index < -0.39 is 11.7 Å². The van der Waals surface area contributed by atoms with Gasteiger partial charge in [-0.1, -0.05) is 23.4 Å². The maximum absolute atomic E-state index is 12.7. The maximum Gasteiger partial charge on any atom is 0.416 e. The average molecular weight is 373 g/mol. The molecule has 3 aromatic rings. The summed E-state index contributed by atoms with van der Waals surface area (Å²) in [6, 6.07) is 13.8. The van der Waals surface area contributed by atoms with E-state index in [9.17, 15) is 18.0 Å². The van der Waals surface area contributed by atoms with E-state index in [2.05, 4.69) is 10.1 Å². The zero-order valence-corrected chi connectivity index (χ0v) is 14.0. The van der Waals surface area contributed by atoms with Gasteiger partial charge in [-0.15, -0.1) is 0 Å². The van der Waals surface area contributed by atoms with E-state index in [1.165, 1.54) is 12.1 Å². The van der Waals surface area contributed by atoms with Gasteiger partial charge in [0.1, 0.15) is 0 Å². The van der Waals surface area contributed by atoms with E-state index in [1.54, 1.807) is 4.90 Å². The number of benzene rings is 2. The second kappa shape index (κ2) is 6.53. The standard InChI is InChI=1S/C19H14F3N3O2/c20-19(21,22)14-8-6-12(7-9-14)18-23-17(24-27-18)13-10-16(26)25(11-13)15-4-2-1-3-5-15/h1-9,13H,10-11H2. The largest absolute Gasteiger partial charge is 0.416 e. The zero-order valence-electron chi connectivity index (χ0n) is 14.0. The Morgan fingerprint density at radius 1 is 1.04 bits per heavy atom. The van der Waals surface area contributed by atoms with Crippen LogP contribution in [0.15, 0.2) is 59.1 Å². The van der Waals surface area contributed by atoms with Crippen LogP contribution in [0.3, 0.4) is 0 Å². The summed E-state index contributed by atoms with van der Waals surface area (Å²) >= 11 is 0. The number of hydrogen-bond donors (Lipinski definition) is 0. The van der Waals surface area contributed by atoms with Gasteiger partial charge in [0.2, 0.25) is 5.91 Å². The zero-order chi connectivity index (χ0) is 19.0. The molecule has 1 aromatic heterocycles. The summed E-state index contributed by atoms with van der Waals surface area (Å²) in [5.74, 6) is 0.234. The molecule has 1 saturated heterocycles. The molecule has 1 aliphatic rings. The Balaban J connectivity index is 1.52. The van der Waals surface area contributed by atoms with Crippen molar-refractivity contribution in [3.8, 4) is 11.5 Å². The van der Waals surface area contributed by atoms with Crippen molar-refractivity contribution in [2.45, 2.75) is 18.5 Å². The molecule has 2 heterocycles. The highest BCUT2D eigenvalue weighted by Crippen LogP contribution is 2.33. The lowest BCUT2D eigenvalue weighted by Gasteiger charge is -2.15. The van der Waals surface area contributed by atoms with Crippen molar-refractivity contribution >= 4 is 11.6 Å². The fraction of sp³-hybridized carbons (Fsp3) is 0.211. The third-order valence-corrected chi connectivity index (χ3v) is 4.46. The van der Waals surface area contributed by atoms with Crippen LogP contribution in [-0.2, 0) is 11.0 Å². The normalized spacial score (nSPS) is 17.5. The lowest BCUT2D eigenvalue weighted by Crippen LogP contribution is -2.24. The fourth-order valence-electron chi connectivity index (χ4n) is 3.06. The summed E-state index contributed by atoms with van der Waals surface area (Å²) < 4.78 is 43.2. The third kappa shape index (κ3) is 3.42. The van der Waals surface area contributed by atoms with Gasteiger partial charge >= 0.3 is 6.18 Å².